The van der Waals surface area contributed by atoms with Crippen molar-refractivity contribution in [2.24, 2.45) is 0 Å². The van der Waals surface area contributed by atoms with E-state index >= 15 is 0 Å². The van der Waals surface area contributed by atoms with E-state index in [0.29, 0.717) is 19.4 Å². The van der Waals surface area contributed by atoms with Crippen LogP contribution in [-0.4, -0.2) is 53.7 Å². The molecule has 3 amide bonds. The summed E-state index contributed by atoms with van der Waals surface area (Å²) in [6.07, 6.45) is 0.865. The number of carbonyl (C=O) groups excluding carboxylic acids is 2. The molecule has 0 radical (unpaired) electrons. The summed E-state index contributed by atoms with van der Waals surface area (Å²) >= 11 is 0. The van der Waals surface area contributed by atoms with Gasteiger partial charge in [0.2, 0.25) is 0 Å². The third-order valence-corrected chi connectivity index (χ3v) is 6.55. The van der Waals surface area contributed by atoms with Gasteiger partial charge >= 0.3 is 6.03 Å². The van der Waals surface area contributed by atoms with Gasteiger partial charge in [0.1, 0.15) is 6.04 Å². The second-order valence-electron chi connectivity index (χ2n) is 6.16. The molecule has 0 aliphatic carbocycles. The monoisotopic (exact) mass is 320 g/mol. The van der Waals surface area contributed by atoms with Gasteiger partial charge in [0.15, 0.2) is 9.84 Å². The van der Waals surface area contributed by atoms with Crippen LogP contribution >= 0.6 is 0 Å². The minimum Gasteiger partial charge on any atom is -0.308 e. The van der Waals surface area contributed by atoms with Gasteiger partial charge in [-0.1, -0.05) is 24.3 Å². The first-order chi connectivity index (χ1) is 10.5. The highest BCUT2D eigenvalue weighted by Gasteiger charge is 2.51. The second kappa shape index (κ2) is 4.55. The molecule has 0 unspecified atom stereocenters. The van der Waals surface area contributed by atoms with Crippen LogP contribution in [0.1, 0.15) is 17.5 Å². The maximum atomic E-state index is 12.6. The number of urea groups is 1. The highest BCUT2D eigenvalue weighted by molar-refractivity contribution is 7.91. The van der Waals surface area contributed by atoms with E-state index < -0.39 is 21.9 Å². The Kier molecular flexibility index (Phi) is 2.84. The van der Waals surface area contributed by atoms with Crippen molar-refractivity contribution in [3.63, 3.8) is 0 Å². The molecule has 0 N–H and O–H groups in total. The fourth-order valence-electron chi connectivity index (χ4n) is 3.65. The van der Waals surface area contributed by atoms with Gasteiger partial charge in [0.25, 0.3) is 5.91 Å². The molecule has 0 bridgehead atoms. The molecule has 2 saturated heterocycles. The smallest absolute Gasteiger partial charge is 0.308 e. The predicted molar refractivity (Wildman–Crippen MR) is 78.8 cm³/mol. The summed E-state index contributed by atoms with van der Waals surface area (Å²) in [7, 11) is -3.13. The Morgan fingerprint density at radius 3 is 2.50 bits per heavy atom. The molecule has 2 fully saturated rings. The van der Waals surface area contributed by atoms with E-state index in [2.05, 4.69) is 0 Å². The van der Waals surface area contributed by atoms with E-state index in [0.717, 1.165) is 11.1 Å². The van der Waals surface area contributed by atoms with E-state index in [1.165, 1.54) is 4.90 Å². The zero-order chi connectivity index (χ0) is 15.5. The van der Waals surface area contributed by atoms with Gasteiger partial charge in [0.05, 0.1) is 17.5 Å². The first kappa shape index (κ1) is 13.8. The Labute approximate surface area is 128 Å². The van der Waals surface area contributed by atoms with Crippen LogP contribution in [0.5, 0.6) is 0 Å². The Hall–Kier alpha value is -1.89. The van der Waals surface area contributed by atoms with Crippen LogP contribution in [0.25, 0.3) is 0 Å². The van der Waals surface area contributed by atoms with E-state index in [9.17, 15) is 18.0 Å². The van der Waals surface area contributed by atoms with Crippen LogP contribution in [0.2, 0.25) is 0 Å². The molecule has 4 rings (SSSR count). The molecular weight excluding hydrogens is 304 g/mol. The fourth-order valence-corrected chi connectivity index (χ4v) is 5.35. The Balaban J connectivity index is 1.65. The lowest BCUT2D eigenvalue weighted by molar-refractivity contribution is -0.129. The molecule has 3 aliphatic rings. The van der Waals surface area contributed by atoms with Crippen molar-refractivity contribution in [2.45, 2.75) is 31.5 Å². The molecule has 7 heteroatoms. The van der Waals surface area contributed by atoms with Crippen molar-refractivity contribution in [3.8, 4) is 0 Å². The number of amides is 3. The van der Waals surface area contributed by atoms with Crippen LogP contribution < -0.4 is 0 Å². The lowest BCUT2D eigenvalue weighted by Gasteiger charge is -2.28. The quantitative estimate of drug-likeness (QED) is 0.709. The van der Waals surface area contributed by atoms with Gasteiger partial charge in [-0.2, -0.15) is 0 Å². The lowest BCUT2D eigenvalue weighted by Crippen LogP contribution is -2.41. The Morgan fingerprint density at radius 1 is 1.09 bits per heavy atom. The highest BCUT2D eigenvalue weighted by atomic mass is 32.2. The molecule has 0 saturated carbocycles. The van der Waals surface area contributed by atoms with E-state index in [1.807, 2.05) is 24.3 Å². The standard InChI is InChI=1S/C15H16N2O4S/c18-14-13-7-10-3-1-2-4-11(10)8-16(13)15(19)17(14)12-5-6-22(20,21)9-12/h1-4,12-13H,5-9H2/t12-,13+/m1/s1. The molecule has 0 aromatic heterocycles. The fraction of sp³-hybridized carbons (Fsp3) is 0.467. The molecule has 1 aromatic rings. The SMILES string of the molecule is O=C1[C@@H]2Cc3ccccc3CN2C(=O)N1[C@@H]1CCS(=O)(=O)C1. The first-order valence-corrected chi connectivity index (χ1v) is 9.19. The van der Waals surface area contributed by atoms with Gasteiger partial charge in [0, 0.05) is 13.0 Å². The molecule has 6 nitrogen and oxygen atoms in total. The largest absolute Gasteiger partial charge is 0.328 e. The third-order valence-electron chi connectivity index (χ3n) is 4.80. The van der Waals surface area contributed by atoms with Gasteiger partial charge in [-0.05, 0) is 17.5 Å². The van der Waals surface area contributed by atoms with E-state index in [-0.39, 0.29) is 23.4 Å². The third kappa shape index (κ3) is 1.95. The summed E-state index contributed by atoms with van der Waals surface area (Å²) in [5, 5.41) is 0. The minimum atomic E-state index is -3.13. The number of benzene rings is 1. The number of hydrogen-bond donors (Lipinski definition) is 0. The number of fused-ring (bicyclic) bond motifs is 2. The average molecular weight is 320 g/mol. The molecule has 116 valence electrons. The van der Waals surface area contributed by atoms with Crippen LogP contribution in [0.4, 0.5) is 4.79 Å². The Morgan fingerprint density at radius 2 is 1.82 bits per heavy atom. The normalized spacial score (nSPS) is 29.6. The highest BCUT2D eigenvalue weighted by Crippen LogP contribution is 2.33. The van der Waals surface area contributed by atoms with Crippen LogP contribution in [0.3, 0.4) is 0 Å². The van der Waals surface area contributed by atoms with Crippen molar-refractivity contribution in [2.75, 3.05) is 11.5 Å². The number of carbonyl (C=O) groups is 2. The summed E-state index contributed by atoms with van der Waals surface area (Å²) in [5.74, 6) is -0.293. The lowest BCUT2D eigenvalue weighted by atomic mass is 9.95. The van der Waals surface area contributed by atoms with Crippen LogP contribution in [-0.2, 0) is 27.6 Å². The van der Waals surface area contributed by atoms with Crippen molar-refractivity contribution < 1.29 is 18.0 Å². The zero-order valence-corrected chi connectivity index (χ0v) is 12.8. The van der Waals surface area contributed by atoms with Crippen molar-refractivity contribution in [1.82, 2.24) is 9.80 Å². The number of hydrogen-bond acceptors (Lipinski definition) is 4. The maximum Gasteiger partial charge on any atom is 0.328 e. The topological polar surface area (TPSA) is 74.8 Å². The number of nitrogens with zero attached hydrogens (tertiary/aromatic N) is 2. The number of rotatable bonds is 1. The summed E-state index contributed by atoms with van der Waals surface area (Å²) in [5.41, 5.74) is 2.14. The molecule has 2 atom stereocenters. The summed E-state index contributed by atoms with van der Waals surface area (Å²) in [6.45, 7) is 0.418. The number of sulfone groups is 1. The molecule has 3 heterocycles. The summed E-state index contributed by atoms with van der Waals surface area (Å²) in [4.78, 5) is 28.0. The van der Waals surface area contributed by atoms with Gasteiger partial charge < -0.3 is 4.90 Å². The maximum absolute atomic E-state index is 12.6. The zero-order valence-electron chi connectivity index (χ0n) is 11.9. The van der Waals surface area contributed by atoms with Gasteiger partial charge in [-0.25, -0.2) is 13.2 Å². The van der Waals surface area contributed by atoms with E-state index in [1.54, 1.807) is 4.90 Å². The molecule has 3 aliphatic heterocycles. The molecule has 0 spiro atoms. The van der Waals surface area contributed by atoms with Crippen LogP contribution in [0.15, 0.2) is 24.3 Å². The predicted octanol–water partition coefficient (Wildman–Crippen LogP) is 0.563. The molecule has 22 heavy (non-hydrogen) atoms. The first-order valence-electron chi connectivity index (χ1n) is 7.37. The molecule has 1 aromatic carbocycles. The molecular formula is C15H16N2O4S. The number of imide groups is 1. The van der Waals surface area contributed by atoms with Gasteiger partial charge in [-0.3, -0.25) is 9.69 Å². The van der Waals surface area contributed by atoms with Crippen molar-refractivity contribution in [3.05, 3.63) is 35.4 Å². The summed E-state index contributed by atoms with van der Waals surface area (Å²) in [6, 6.07) is 6.47. The van der Waals surface area contributed by atoms with Crippen molar-refractivity contribution in [1.29, 1.82) is 0 Å². The summed E-state index contributed by atoms with van der Waals surface area (Å²) < 4.78 is 23.3. The second-order valence-corrected chi connectivity index (χ2v) is 8.39. The minimum absolute atomic E-state index is 0.0552. The Bertz CT molecular complexity index is 731. The van der Waals surface area contributed by atoms with Crippen molar-refractivity contribution >= 4 is 21.8 Å². The van der Waals surface area contributed by atoms with Gasteiger partial charge in [-0.15, -0.1) is 0 Å². The van der Waals surface area contributed by atoms with E-state index in [4.69, 9.17) is 0 Å². The average Bonchev–Trinajstić information content (AvgIpc) is 2.95. The van der Waals surface area contributed by atoms with Crippen LogP contribution in [0, 0.1) is 0 Å².